The topological polar surface area (TPSA) is 81.0 Å². The van der Waals surface area contributed by atoms with Crippen molar-refractivity contribution in [3.05, 3.63) is 35.1 Å². The Labute approximate surface area is 121 Å². The van der Waals surface area contributed by atoms with Crippen molar-refractivity contribution in [2.45, 2.75) is 18.6 Å². The summed E-state index contributed by atoms with van der Waals surface area (Å²) in [5, 5.41) is 27.5. The average Bonchev–Trinajstić information content (AvgIpc) is 2.78. The second-order valence-corrected chi connectivity index (χ2v) is 4.81. The predicted octanol–water partition coefficient (Wildman–Crippen LogP) is -0.263. The van der Waals surface area contributed by atoms with E-state index < -0.39 is 23.9 Å². The molecular weight excluding hydrogens is 277 g/mol. The lowest BCUT2D eigenvalue weighted by Gasteiger charge is -2.15. The van der Waals surface area contributed by atoms with Gasteiger partial charge in [-0.3, -0.25) is 4.79 Å². The lowest BCUT2D eigenvalue weighted by atomic mass is 10.1. The fourth-order valence-corrected chi connectivity index (χ4v) is 2.09. The Bertz CT molecular complexity index is 583. The van der Waals surface area contributed by atoms with E-state index in [0.717, 1.165) is 6.07 Å². The van der Waals surface area contributed by atoms with Crippen molar-refractivity contribution in [2.75, 3.05) is 19.7 Å². The van der Waals surface area contributed by atoms with Gasteiger partial charge in [-0.05, 0) is 18.2 Å². The van der Waals surface area contributed by atoms with Gasteiger partial charge in [-0.15, -0.1) is 0 Å². The summed E-state index contributed by atoms with van der Waals surface area (Å²) < 4.78 is 14.0. The van der Waals surface area contributed by atoms with Crippen molar-refractivity contribution in [1.29, 1.82) is 0 Å². The highest BCUT2D eigenvalue weighted by Crippen LogP contribution is 2.17. The van der Waals surface area contributed by atoms with Gasteiger partial charge in [0.15, 0.2) is 0 Å². The first-order chi connectivity index (χ1) is 10.0. The van der Waals surface area contributed by atoms with Crippen LogP contribution in [0.5, 0.6) is 0 Å². The molecule has 0 saturated carbocycles. The predicted molar refractivity (Wildman–Crippen MR) is 72.9 cm³/mol. The van der Waals surface area contributed by atoms with Crippen LogP contribution in [0.1, 0.15) is 22.3 Å². The third kappa shape index (κ3) is 3.58. The highest BCUT2D eigenvalue weighted by molar-refractivity contribution is 5.94. The number of aliphatic hydroxyl groups excluding tert-OH is 3. The van der Waals surface area contributed by atoms with Crippen molar-refractivity contribution in [3.8, 4) is 11.8 Å². The molecule has 1 saturated heterocycles. The molecule has 1 heterocycles. The second kappa shape index (κ2) is 6.68. The number of carbonyl (C=O) groups excluding carboxylic acids is 1. The van der Waals surface area contributed by atoms with Crippen molar-refractivity contribution in [1.82, 2.24) is 4.90 Å². The van der Waals surface area contributed by atoms with E-state index in [1.807, 2.05) is 0 Å². The summed E-state index contributed by atoms with van der Waals surface area (Å²) in [6, 6.07) is 4.00. The van der Waals surface area contributed by atoms with Crippen LogP contribution in [-0.2, 0) is 0 Å². The quantitative estimate of drug-likeness (QED) is 0.656. The number of hydrogen-bond donors (Lipinski definition) is 3. The largest absolute Gasteiger partial charge is 0.395 e. The van der Waals surface area contributed by atoms with E-state index in [1.54, 1.807) is 0 Å². The molecule has 1 fully saturated rings. The van der Waals surface area contributed by atoms with Gasteiger partial charge in [0.05, 0.1) is 24.4 Å². The Morgan fingerprint density at radius 3 is 2.57 bits per heavy atom. The van der Waals surface area contributed by atoms with Crippen LogP contribution < -0.4 is 0 Å². The van der Waals surface area contributed by atoms with Crippen LogP contribution in [-0.4, -0.2) is 58.0 Å². The highest BCUT2D eigenvalue weighted by atomic mass is 19.1. The number of aliphatic hydroxyl groups is 3. The van der Waals surface area contributed by atoms with E-state index in [2.05, 4.69) is 11.8 Å². The van der Waals surface area contributed by atoms with Crippen LogP contribution in [0.2, 0.25) is 0 Å². The number of likely N-dealkylation sites (tertiary alicyclic amines) is 1. The molecule has 0 spiro atoms. The van der Waals surface area contributed by atoms with Crippen molar-refractivity contribution >= 4 is 5.91 Å². The zero-order valence-electron chi connectivity index (χ0n) is 11.3. The smallest absolute Gasteiger partial charge is 0.257 e. The number of amides is 1. The summed E-state index contributed by atoms with van der Waals surface area (Å²) in [6.07, 6.45) is -1.70. The summed E-state index contributed by atoms with van der Waals surface area (Å²) in [6.45, 7) is -0.0966. The SMILES string of the molecule is O=C(c1ccc(C#CCCO)cc1F)N1CC(O)C(O)C1. The lowest BCUT2D eigenvalue weighted by molar-refractivity contribution is 0.0572. The second-order valence-electron chi connectivity index (χ2n) is 4.81. The summed E-state index contributed by atoms with van der Waals surface area (Å²) in [7, 11) is 0. The van der Waals surface area contributed by atoms with Gasteiger partial charge < -0.3 is 20.2 Å². The first-order valence-corrected chi connectivity index (χ1v) is 6.57. The normalized spacial score (nSPS) is 21.0. The van der Waals surface area contributed by atoms with E-state index >= 15 is 0 Å². The standard InChI is InChI=1S/C15H16FNO4/c16-12-7-10(3-1-2-6-18)4-5-11(12)15(21)17-8-13(19)14(20)9-17/h4-5,7,13-14,18-20H,2,6,8-9H2. The molecule has 1 aliphatic rings. The highest BCUT2D eigenvalue weighted by Gasteiger charge is 2.33. The first-order valence-electron chi connectivity index (χ1n) is 6.57. The van der Waals surface area contributed by atoms with Crippen LogP contribution >= 0.6 is 0 Å². The summed E-state index contributed by atoms with van der Waals surface area (Å²) >= 11 is 0. The Balaban J connectivity index is 2.14. The minimum atomic E-state index is -0.999. The van der Waals surface area contributed by atoms with Crippen molar-refractivity contribution < 1.29 is 24.5 Å². The van der Waals surface area contributed by atoms with E-state index in [1.165, 1.54) is 17.0 Å². The van der Waals surface area contributed by atoms with Gasteiger partial charge >= 0.3 is 0 Å². The minimum absolute atomic E-state index is 0.0164. The van der Waals surface area contributed by atoms with Gasteiger partial charge in [-0.1, -0.05) is 11.8 Å². The summed E-state index contributed by atoms with van der Waals surface area (Å²) in [5.41, 5.74) is 0.294. The molecule has 0 bridgehead atoms. The van der Waals surface area contributed by atoms with Crippen molar-refractivity contribution in [3.63, 3.8) is 0 Å². The number of carbonyl (C=O) groups is 1. The molecule has 0 aliphatic carbocycles. The number of halogens is 1. The number of hydrogen-bond acceptors (Lipinski definition) is 4. The van der Waals surface area contributed by atoms with Crippen LogP contribution in [0.15, 0.2) is 18.2 Å². The number of benzene rings is 1. The molecule has 0 aromatic heterocycles. The molecule has 5 nitrogen and oxygen atoms in total. The van der Waals surface area contributed by atoms with E-state index in [4.69, 9.17) is 5.11 Å². The fourth-order valence-electron chi connectivity index (χ4n) is 2.09. The van der Waals surface area contributed by atoms with Gasteiger partial charge in [0.1, 0.15) is 5.82 Å². The molecule has 2 atom stereocenters. The van der Waals surface area contributed by atoms with Crippen LogP contribution in [0.3, 0.4) is 0 Å². The zero-order chi connectivity index (χ0) is 15.4. The first kappa shape index (κ1) is 15.4. The molecule has 21 heavy (non-hydrogen) atoms. The molecule has 2 unspecified atom stereocenters. The maximum absolute atomic E-state index is 14.0. The van der Waals surface area contributed by atoms with Crippen molar-refractivity contribution in [2.24, 2.45) is 0 Å². The van der Waals surface area contributed by atoms with Gasteiger partial charge in [-0.25, -0.2) is 4.39 Å². The fraction of sp³-hybridized carbons (Fsp3) is 0.400. The summed E-state index contributed by atoms with van der Waals surface area (Å²) in [4.78, 5) is 13.3. The Hall–Kier alpha value is -1.94. The maximum atomic E-state index is 14.0. The monoisotopic (exact) mass is 293 g/mol. The molecule has 1 aliphatic heterocycles. The maximum Gasteiger partial charge on any atom is 0.257 e. The van der Waals surface area contributed by atoms with E-state index in [0.29, 0.717) is 12.0 Å². The Morgan fingerprint density at radius 1 is 1.33 bits per heavy atom. The molecule has 6 heteroatoms. The van der Waals surface area contributed by atoms with Gasteiger partial charge in [0.25, 0.3) is 5.91 Å². The zero-order valence-corrected chi connectivity index (χ0v) is 11.3. The summed E-state index contributed by atoms with van der Waals surface area (Å²) in [5.74, 6) is 4.07. The van der Waals surface area contributed by atoms with E-state index in [-0.39, 0.29) is 25.3 Å². The van der Waals surface area contributed by atoms with Gasteiger partial charge in [0.2, 0.25) is 0 Å². The number of nitrogens with zero attached hydrogens (tertiary/aromatic N) is 1. The molecule has 1 amide bonds. The lowest BCUT2D eigenvalue weighted by Crippen LogP contribution is -2.30. The molecular formula is C15H16FNO4. The number of rotatable bonds is 2. The van der Waals surface area contributed by atoms with Gasteiger partial charge in [-0.2, -0.15) is 0 Å². The molecule has 112 valence electrons. The Morgan fingerprint density at radius 2 is 2.00 bits per heavy atom. The van der Waals surface area contributed by atoms with Gasteiger partial charge in [0, 0.05) is 25.1 Å². The average molecular weight is 293 g/mol. The van der Waals surface area contributed by atoms with E-state index in [9.17, 15) is 19.4 Å². The van der Waals surface area contributed by atoms with Crippen LogP contribution in [0.4, 0.5) is 4.39 Å². The molecule has 1 aromatic carbocycles. The molecule has 0 radical (unpaired) electrons. The van der Waals surface area contributed by atoms with Crippen LogP contribution in [0.25, 0.3) is 0 Å². The third-order valence-corrected chi connectivity index (χ3v) is 3.22. The minimum Gasteiger partial charge on any atom is -0.395 e. The molecule has 3 N–H and O–H groups in total. The molecule has 1 aromatic rings. The molecule has 2 rings (SSSR count). The van der Waals surface area contributed by atoms with Crippen LogP contribution in [0, 0.1) is 17.7 Å². The third-order valence-electron chi connectivity index (χ3n) is 3.22. The Kier molecular flexibility index (Phi) is 4.91. The number of β-amino-alcohol motifs (C(OH)–C–C–N with tert-alkyl or cyclic N) is 2.